The lowest BCUT2D eigenvalue weighted by molar-refractivity contribution is -0.498. The first-order valence-corrected chi connectivity index (χ1v) is 4.34. The third kappa shape index (κ3) is 2.49. The van der Waals surface area contributed by atoms with E-state index in [9.17, 15) is 20.2 Å². The average molecular weight is 261 g/mol. The van der Waals surface area contributed by atoms with Crippen molar-refractivity contribution in [3.8, 4) is 0 Å². The molecular formula is C7H5BrN2O4. The van der Waals surface area contributed by atoms with Gasteiger partial charge in [0.2, 0.25) is 6.54 Å². The molecule has 0 spiro atoms. The maximum Gasteiger partial charge on any atom is 0.280 e. The van der Waals surface area contributed by atoms with Crippen molar-refractivity contribution >= 4 is 21.6 Å². The SMILES string of the molecule is O=[N+]([O-])Cc1ccc(Br)cc1[N+](=O)[O-]. The third-order valence-electron chi connectivity index (χ3n) is 1.54. The molecule has 0 amide bonds. The van der Waals surface area contributed by atoms with Crippen molar-refractivity contribution < 1.29 is 9.85 Å². The molecule has 1 aromatic rings. The largest absolute Gasteiger partial charge is 0.280 e. The van der Waals surface area contributed by atoms with Crippen molar-refractivity contribution in [1.82, 2.24) is 0 Å². The summed E-state index contributed by atoms with van der Waals surface area (Å²) >= 11 is 3.06. The molecule has 14 heavy (non-hydrogen) atoms. The van der Waals surface area contributed by atoms with Crippen LogP contribution in [-0.4, -0.2) is 9.85 Å². The first-order chi connectivity index (χ1) is 6.50. The molecular weight excluding hydrogens is 256 g/mol. The van der Waals surface area contributed by atoms with Crippen LogP contribution in [0.1, 0.15) is 5.56 Å². The van der Waals surface area contributed by atoms with E-state index in [0.717, 1.165) is 0 Å². The van der Waals surface area contributed by atoms with Crippen molar-refractivity contribution in [3.63, 3.8) is 0 Å². The number of hydrogen-bond acceptors (Lipinski definition) is 4. The van der Waals surface area contributed by atoms with E-state index in [1.807, 2.05) is 0 Å². The van der Waals surface area contributed by atoms with Gasteiger partial charge < -0.3 is 0 Å². The van der Waals surface area contributed by atoms with Crippen LogP contribution in [0.5, 0.6) is 0 Å². The molecule has 0 atom stereocenters. The number of rotatable bonds is 3. The second kappa shape index (κ2) is 4.14. The van der Waals surface area contributed by atoms with E-state index in [1.54, 1.807) is 0 Å². The number of hydrogen-bond donors (Lipinski definition) is 0. The molecule has 0 bridgehead atoms. The summed E-state index contributed by atoms with van der Waals surface area (Å²) in [6.45, 7) is -0.538. The number of benzene rings is 1. The van der Waals surface area contributed by atoms with Gasteiger partial charge in [0.25, 0.3) is 5.69 Å². The molecule has 0 heterocycles. The molecule has 0 N–H and O–H groups in total. The van der Waals surface area contributed by atoms with E-state index in [4.69, 9.17) is 0 Å². The Hall–Kier alpha value is -1.50. The van der Waals surface area contributed by atoms with Crippen LogP contribution in [0, 0.1) is 20.2 Å². The van der Waals surface area contributed by atoms with Crippen molar-refractivity contribution in [2.24, 2.45) is 0 Å². The van der Waals surface area contributed by atoms with Crippen LogP contribution >= 0.6 is 15.9 Å². The predicted molar refractivity (Wildman–Crippen MR) is 51.5 cm³/mol. The minimum atomic E-state index is -0.635. The first-order valence-electron chi connectivity index (χ1n) is 3.55. The van der Waals surface area contributed by atoms with Crippen LogP contribution in [-0.2, 0) is 6.54 Å². The van der Waals surface area contributed by atoms with E-state index in [2.05, 4.69) is 15.9 Å². The monoisotopic (exact) mass is 260 g/mol. The van der Waals surface area contributed by atoms with Crippen LogP contribution in [0.25, 0.3) is 0 Å². The molecule has 0 saturated carbocycles. The Balaban J connectivity index is 3.14. The van der Waals surface area contributed by atoms with Gasteiger partial charge in [-0.15, -0.1) is 0 Å². The molecule has 1 aromatic carbocycles. The Labute approximate surface area is 87.0 Å². The highest BCUT2D eigenvalue weighted by Gasteiger charge is 2.17. The third-order valence-corrected chi connectivity index (χ3v) is 2.04. The number of halogens is 1. The second-order valence-electron chi connectivity index (χ2n) is 2.52. The topological polar surface area (TPSA) is 86.3 Å². The van der Waals surface area contributed by atoms with Crippen LogP contribution < -0.4 is 0 Å². The lowest BCUT2D eigenvalue weighted by Crippen LogP contribution is -2.02. The van der Waals surface area contributed by atoms with Gasteiger partial charge in [-0.25, -0.2) is 0 Å². The van der Waals surface area contributed by atoms with Gasteiger partial charge in [0.05, 0.1) is 10.5 Å². The highest BCUT2D eigenvalue weighted by molar-refractivity contribution is 9.10. The summed E-state index contributed by atoms with van der Waals surface area (Å²) in [4.78, 5) is 19.5. The maximum absolute atomic E-state index is 10.5. The average Bonchev–Trinajstić information content (AvgIpc) is 2.07. The smallest absolute Gasteiger partial charge is 0.264 e. The second-order valence-corrected chi connectivity index (χ2v) is 3.44. The normalized spacial score (nSPS) is 9.79. The summed E-state index contributed by atoms with van der Waals surface area (Å²) in [5.41, 5.74) is -0.140. The van der Waals surface area contributed by atoms with Gasteiger partial charge in [0.1, 0.15) is 0 Å². The van der Waals surface area contributed by atoms with E-state index in [1.165, 1.54) is 18.2 Å². The van der Waals surface area contributed by atoms with Gasteiger partial charge in [-0.1, -0.05) is 15.9 Å². The quantitative estimate of drug-likeness (QED) is 0.616. The molecule has 0 unspecified atom stereocenters. The number of nitro benzene ring substituents is 1. The van der Waals surface area contributed by atoms with Crippen molar-refractivity contribution in [2.45, 2.75) is 6.54 Å². The highest BCUT2D eigenvalue weighted by Crippen LogP contribution is 2.23. The first kappa shape index (κ1) is 10.6. The van der Waals surface area contributed by atoms with Gasteiger partial charge in [-0.2, -0.15) is 0 Å². The van der Waals surface area contributed by atoms with Gasteiger partial charge in [0.15, 0.2) is 0 Å². The molecule has 0 fully saturated rings. The van der Waals surface area contributed by atoms with Crippen molar-refractivity contribution in [2.75, 3.05) is 0 Å². The lowest BCUT2D eigenvalue weighted by atomic mass is 10.2. The molecule has 0 aliphatic carbocycles. The van der Waals surface area contributed by atoms with Gasteiger partial charge in [-0.3, -0.25) is 20.2 Å². The molecule has 0 aliphatic heterocycles. The standard InChI is InChI=1S/C7H5BrN2O4/c8-6-2-1-5(4-9(11)12)7(3-6)10(13)14/h1-3H,4H2. The summed E-state index contributed by atoms with van der Waals surface area (Å²) in [6.07, 6.45) is 0. The molecule has 0 radical (unpaired) electrons. The Morgan fingerprint density at radius 3 is 2.43 bits per heavy atom. The lowest BCUT2D eigenvalue weighted by Gasteiger charge is -1.98. The number of nitro groups is 2. The summed E-state index contributed by atoms with van der Waals surface area (Å²) in [5, 5.41) is 20.7. The predicted octanol–water partition coefficient (Wildman–Crippen LogP) is 2.13. The molecule has 7 heteroatoms. The van der Waals surface area contributed by atoms with Crippen LogP contribution in [0.3, 0.4) is 0 Å². The van der Waals surface area contributed by atoms with Crippen LogP contribution in [0.4, 0.5) is 5.69 Å². The van der Waals surface area contributed by atoms with Crippen molar-refractivity contribution in [1.29, 1.82) is 0 Å². The molecule has 6 nitrogen and oxygen atoms in total. The van der Waals surface area contributed by atoms with Gasteiger partial charge in [-0.05, 0) is 12.1 Å². The Bertz CT molecular complexity index is 393. The highest BCUT2D eigenvalue weighted by atomic mass is 79.9. The fraction of sp³-hybridized carbons (Fsp3) is 0.143. The van der Waals surface area contributed by atoms with E-state index in [-0.39, 0.29) is 11.3 Å². The molecule has 0 saturated heterocycles. The fourth-order valence-corrected chi connectivity index (χ4v) is 1.33. The van der Waals surface area contributed by atoms with E-state index in [0.29, 0.717) is 4.47 Å². The zero-order valence-corrected chi connectivity index (χ0v) is 8.43. The summed E-state index contributed by atoms with van der Waals surface area (Å²) in [6, 6.07) is 4.15. The molecule has 74 valence electrons. The number of nitrogens with zero attached hydrogens (tertiary/aromatic N) is 2. The maximum atomic E-state index is 10.5. The van der Waals surface area contributed by atoms with E-state index < -0.39 is 16.4 Å². The zero-order chi connectivity index (χ0) is 10.7. The van der Waals surface area contributed by atoms with E-state index >= 15 is 0 Å². The molecule has 0 aromatic heterocycles. The van der Waals surface area contributed by atoms with Crippen molar-refractivity contribution in [3.05, 3.63) is 48.5 Å². The summed E-state index contributed by atoms with van der Waals surface area (Å²) in [7, 11) is 0. The van der Waals surface area contributed by atoms with Crippen LogP contribution in [0.2, 0.25) is 0 Å². The Kier molecular flexibility index (Phi) is 3.13. The Morgan fingerprint density at radius 1 is 1.29 bits per heavy atom. The van der Waals surface area contributed by atoms with Crippen LogP contribution in [0.15, 0.2) is 22.7 Å². The fourth-order valence-electron chi connectivity index (χ4n) is 0.980. The van der Waals surface area contributed by atoms with Gasteiger partial charge >= 0.3 is 0 Å². The minimum Gasteiger partial charge on any atom is -0.264 e. The zero-order valence-electron chi connectivity index (χ0n) is 6.84. The summed E-state index contributed by atoms with van der Waals surface area (Å²) < 4.78 is 0.524. The summed E-state index contributed by atoms with van der Waals surface area (Å²) in [5.74, 6) is 0. The minimum absolute atomic E-state index is 0.100. The van der Waals surface area contributed by atoms with Gasteiger partial charge in [0, 0.05) is 15.5 Å². The Morgan fingerprint density at radius 2 is 1.93 bits per heavy atom. The molecule has 1 rings (SSSR count). The molecule has 0 aliphatic rings.